The Balaban J connectivity index is 1.91. The Morgan fingerprint density at radius 1 is 1.36 bits per heavy atom. The molecule has 3 rings (SSSR count). The summed E-state index contributed by atoms with van der Waals surface area (Å²) in [6.45, 7) is 10.4. The van der Waals surface area contributed by atoms with Gasteiger partial charge in [0.2, 0.25) is 0 Å². The van der Waals surface area contributed by atoms with E-state index in [1.165, 1.54) is 11.3 Å². The van der Waals surface area contributed by atoms with E-state index in [9.17, 15) is 9.59 Å². The van der Waals surface area contributed by atoms with Gasteiger partial charge in [-0.15, -0.1) is 11.3 Å². The number of amides is 1. The van der Waals surface area contributed by atoms with Gasteiger partial charge in [-0.05, 0) is 39.5 Å². The third kappa shape index (κ3) is 2.78. The number of hydrogen-bond donors (Lipinski definition) is 0. The first-order valence-electron chi connectivity index (χ1n) is 9.32. The predicted molar refractivity (Wildman–Crippen MR) is 97.9 cm³/mol. The minimum atomic E-state index is -0.534. The minimum absolute atomic E-state index is 0.0435. The molecule has 0 aliphatic carbocycles. The summed E-state index contributed by atoms with van der Waals surface area (Å²) >= 11 is 1.50. The van der Waals surface area contributed by atoms with Crippen LogP contribution >= 0.6 is 11.3 Å². The Morgan fingerprint density at radius 3 is 2.64 bits per heavy atom. The largest absolute Gasteiger partial charge is 0.466 e. The van der Waals surface area contributed by atoms with Crippen LogP contribution in [0.2, 0.25) is 0 Å². The van der Waals surface area contributed by atoms with E-state index in [0.717, 1.165) is 41.3 Å². The van der Waals surface area contributed by atoms with Crippen molar-refractivity contribution in [3.63, 3.8) is 0 Å². The molecular formula is C19H28N2O3S. The highest BCUT2D eigenvalue weighted by molar-refractivity contribution is 7.13. The van der Waals surface area contributed by atoms with E-state index in [0.29, 0.717) is 12.5 Å². The number of carbonyl (C=O) groups excluding carboxylic acids is 2. The van der Waals surface area contributed by atoms with Crippen molar-refractivity contribution in [1.29, 1.82) is 0 Å². The number of fused-ring (bicyclic) bond motifs is 2. The standard InChI is InChI=1S/C19H28N2O3S/c1-6-19(18(23)24-7-2)10-13-8-9-14(19)21(13)17(22)15-12(5)20-16(25-15)11(3)4/h11,13-14H,6-10H2,1-5H3/t13-,14+,19+/m1/s1. The van der Waals surface area contributed by atoms with Crippen LogP contribution in [-0.4, -0.2) is 40.5 Å². The maximum atomic E-state index is 13.3. The van der Waals surface area contributed by atoms with Crippen molar-refractivity contribution in [2.45, 2.75) is 78.3 Å². The Morgan fingerprint density at radius 2 is 2.08 bits per heavy atom. The number of rotatable bonds is 5. The fourth-order valence-corrected chi connectivity index (χ4v) is 5.50. The molecule has 0 radical (unpaired) electrons. The lowest BCUT2D eigenvalue weighted by Crippen LogP contribution is -2.45. The molecule has 0 N–H and O–H groups in total. The molecule has 2 aliphatic heterocycles. The van der Waals surface area contributed by atoms with E-state index in [-0.39, 0.29) is 24.0 Å². The summed E-state index contributed by atoms with van der Waals surface area (Å²) in [5.74, 6) is 0.232. The monoisotopic (exact) mass is 364 g/mol. The van der Waals surface area contributed by atoms with Gasteiger partial charge in [-0.2, -0.15) is 0 Å². The Labute approximate surface area is 153 Å². The summed E-state index contributed by atoms with van der Waals surface area (Å²) in [7, 11) is 0. The summed E-state index contributed by atoms with van der Waals surface area (Å²) in [6, 6.07) is 0.101. The molecule has 5 nitrogen and oxygen atoms in total. The van der Waals surface area contributed by atoms with Crippen molar-refractivity contribution in [3.8, 4) is 0 Å². The van der Waals surface area contributed by atoms with Crippen molar-refractivity contribution in [3.05, 3.63) is 15.6 Å². The lowest BCUT2D eigenvalue weighted by molar-refractivity contribution is -0.157. The summed E-state index contributed by atoms with van der Waals surface area (Å²) in [6.07, 6.45) is 3.31. The molecule has 138 valence electrons. The van der Waals surface area contributed by atoms with Crippen molar-refractivity contribution in [2.24, 2.45) is 5.41 Å². The second kappa shape index (κ2) is 6.71. The number of ether oxygens (including phenoxy) is 1. The van der Waals surface area contributed by atoms with Crippen molar-refractivity contribution in [2.75, 3.05) is 6.61 Å². The molecule has 3 heterocycles. The third-order valence-corrected chi connectivity index (χ3v) is 7.23. The number of aromatic nitrogens is 1. The first kappa shape index (κ1) is 18.4. The molecule has 0 spiro atoms. The van der Waals surface area contributed by atoms with Crippen LogP contribution in [0.1, 0.15) is 79.7 Å². The van der Waals surface area contributed by atoms with Gasteiger partial charge in [0.05, 0.1) is 22.7 Å². The van der Waals surface area contributed by atoms with E-state index < -0.39 is 5.41 Å². The first-order valence-corrected chi connectivity index (χ1v) is 10.1. The number of aryl methyl sites for hydroxylation is 1. The maximum absolute atomic E-state index is 13.3. The second-order valence-corrected chi connectivity index (χ2v) is 8.55. The SMILES string of the molecule is CCOC(=O)[C@@]1(CC)C[C@H]2CC[C@@H]1N2C(=O)c1sc(C(C)C)nc1C. The third-order valence-electron chi connectivity index (χ3n) is 5.79. The van der Waals surface area contributed by atoms with Gasteiger partial charge in [0, 0.05) is 18.0 Å². The molecule has 0 unspecified atom stereocenters. The molecule has 0 aromatic carbocycles. The van der Waals surface area contributed by atoms with Gasteiger partial charge in [-0.25, -0.2) is 4.98 Å². The molecule has 0 saturated carbocycles. The molecular weight excluding hydrogens is 336 g/mol. The quantitative estimate of drug-likeness (QED) is 0.743. The van der Waals surface area contributed by atoms with Crippen LogP contribution in [0.3, 0.4) is 0 Å². The zero-order valence-corrected chi connectivity index (χ0v) is 16.6. The second-order valence-electron chi connectivity index (χ2n) is 7.52. The van der Waals surface area contributed by atoms with E-state index in [1.54, 1.807) is 0 Å². The Hall–Kier alpha value is -1.43. The molecule has 2 fully saturated rings. The molecule has 2 saturated heterocycles. The van der Waals surface area contributed by atoms with Crippen LogP contribution in [0.5, 0.6) is 0 Å². The topological polar surface area (TPSA) is 59.5 Å². The lowest BCUT2D eigenvalue weighted by Gasteiger charge is -2.34. The summed E-state index contributed by atoms with van der Waals surface area (Å²) in [5.41, 5.74) is 0.275. The van der Waals surface area contributed by atoms with Gasteiger partial charge in [-0.3, -0.25) is 9.59 Å². The average Bonchev–Trinajstić information content (AvgIpc) is 3.25. The van der Waals surface area contributed by atoms with Crippen LogP contribution in [0, 0.1) is 12.3 Å². The van der Waals surface area contributed by atoms with Crippen LogP contribution in [0.4, 0.5) is 0 Å². The minimum Gasteiger partial charge on any atom is -0.466 e. The van der Waals surface area contributed by atoms with Gasteiger partial charge >= 0.3 is 5.97 Å². The number of esters is 1. The number of nitrogens with zero attached hydrogens (tertiary/aromatic N) is 2. The lowest BCUT2D eigenvalue weighted by atomic mass is 9.72. The zero-order chi connectivity index (χ0) is 18.4. The molecule has 3 atom stereocenters. The number of hydrogen-bond acceptors (Lipinski definition) is 5. The number of thiazole rings is 1. The molecule has 1 aromatic rings. The van der Waals surface area contributed by atoms with E-state index in [4.69, 9.17) is 4.74 Å². The van der Waals surface area contributed by atoms with Gasteiger partial charge in [-0.1, -0.05) is 20.8 Å². The van der Waals surface area contributed by atoms with Gasteiger partial charge in [0.25, 0.3) is 5.91 Å². The van der Waals surface area contributed by atoms with Crippen LogP contribution in [0.25, 0.3) is 0 Å². The summed E-state index contributed by atoms with van der Waals surface area (Å²) < 4.78 is 5.38. The first-order chi connectivity index (χ1) is 11.9. The maximum Gasteiger partial charge on any atom is 0.314 e. The number of carbonyl (C=O) groups is 2. The molecule has 6 heteroatoms. The zero-order valence-electron chi connectivity index (χ0n) is 15.8. The van der Waals surface area contributed by atoms with Gasteiger partial charge in [0.15, 0.2) is 0 Å². The molecule has 2 aliphatic rings. The normalized spacial score (nSPS) is 28.0. The summed E-state index contributed by atoms with van der Waals surface area (Å²) in [5, 5.41) is 1.000. The van der Waals surface area contributed by atoms with Crippen LogP contribution in [-0.2, 0) is 9.53 Å². The van der Waals surface area contributed by atoms with E-state index in [1.807, 2.05) is 25.7 Å². The fraction of sp³-hybridized carbons (Fsp3) is 0.737. The highest BCUT2D eigenvalue weighted by atomic mass is 32.1. The average molecular weight is 365 g/mol. The Bertz CT molecular complexity index is 684. The molecule has 1 amide bonds. The Kier molecular flexibility index (Phi) is 4.93. The molecule has 1 aromatic heterocycles. The highest BCUT2D eigenvalue weighted by Crippen LogP contribution is 2.53. The molecule has 2 bridgehead atoms. The van der Waals surface area contributed by atoms with Gasteiger partial charge < -0.3 is 9.64 Å². The van der Waals surface area contributed by atoms with Crippen molar-refractivity contribution < 1.29 is 14.3 Å². The van der Waals surface area contributed by atoms with Crippen LogP contribution < -0.4 is 0 Å². The summed E-state index contributed by atoms with van der Waals surface area (Å²) in [4.78, 5) is 33.3. The highest BCUT2D eigenvalue weighted by Gasteiger charge is 2.61. The smallest absolute Gasteiger partial charge is 0.314 e. The van der Waals surface area contributed by atoms with Crippen molar-refractivity contribution >= 4 is 23.2 Å². The van der Waals surface area contributed by atoms with Crippen LogP contribution in [0.15, 0.2) is 0 Å². The van der Waals surface area contributed by atoms with E-state index in [2.05, 4.69) is 18.8 Å². The van der Waals surface area contributed by atoms with Gasteiger partial charge in [0.1, 0.15) is 4.88 Å². The molecule has 25 heavy (non-hydrogen) atoms. The van der Waals surface area contributed by atoms with Crippen molar-refractivity contribution in [1.82, 2.24) is 9.88 Å². The predicted octanol–water partition coefficient (Wildman–Crippen LogP) is 3.91. The fourth-order valence-electron chi connectivity index (χ4n) is 4.49. The van der Waals surface area contributed by atoms with E-state index >= 15 is 0 Å².